The SMILES string of the molecule is CCC(NC1CCN(Cc2ccc(Oc3ccc(NS(C)(=O)=O)cc3)cc2)CC1)C(=O)NC1CCCCC1. The molecule has 1 heterocycles. The van der Waals surface area contributed by atoms with Gasteiger partial charge in [0.15, 0.2) is 0 Å². The smallest absolute Gasteiger partial charge is 0.237 e. The second-order valence-corrected chi connectivity index (χ2v) is 12.4. The number of ether oxygens (including phenoxy) is 1. The molecule has 1 saturated heterocycles. The predicted octanol–water partition coefficient (Wildman–Crippen LogP) is 4.63. The molecule has 2 fully saturated rings. The summed E-state index contributed by atoms with van der Waals surface area (Å²) in [7, 11) is -3.30. The van der Waals surface area contributed by atoms with Crippen LogP contribution in [0.1, 0.15) is 63.9 Å². The lowest BCUT2D eigenvalue weighted by Crippen LogP contribution is -2.53. The van der Waals surface area contributed by atoms with E-state index >= 15 is 0 Å². The van der Waals surface area contributed by atoms with Crippen molar-refractivity contribution in [3.63, 3.8) is 0 Å². The predicted molar refractivity (Wildman–Crippen MR) is 152 cm³/mol. The monoisotopic (exact) mass is 542 g/mol. The van der Waals surface area contributed by atoms with E-state index < -0.39 is 10.0 Å². The summed E-state index contributed by atoms with van der Waals surface area (Å²) in [5.74, 6) is 1.55. The number of anilines is 1. The Morgan fingerprint density at radius 3 is 2.11 bits per heavy atom. The lowest BCUT2D eigenvalue weighted by Gasteiger charge is -2.34. The van der Waals surface area contributed by atoms with Crippen LogP contribution in [0.2, 0.25) is 0 Å². The largest absolute Gasteiger partial charge is 0.457 e. The first kappa shape index (κ1) is 28.4. The zero-order valence-corrected chi connectivity index (χ0v) is 23.4. The van der Waals surface area contributed by atoms with Crippen molar-refractivity contribution in [1.29, 1.82) is 0 Å². The molecular formula is C29H42N4O4S. The number of hydrogen-bond donors (Lipinski definition) is 3. The van der Waals surface area contributed by atoms with E-state index in [1.165, 1.54) is 24.8 Å². The van der Waals surface area contributed by atoms with E-state index in [0.717, 1.165) is 63.7 Å². The highest BCUT2D eigenvalue weighted by Crippen LogP contribution is 2.24. The lowest BCUT2D eigenvalue weighted by atomic mass is 9.95. The molecular weight excluding hydrogens is 500 g/mol. The molecule has 1 amide bonds. The number of rotatable bonds is 11. The molecule has 2 aliphatic rings. The van der Waals surface area contributed by atoms with Crippen LogP contribution in [0, 0.1) is 0 Å². The van der Waals surface area contributed by atoms with Crippen LogP contribution in [0.15, 0.2) is 48.5 Å². The fraction of sp³-hybridized carbons (Fsp3) is 0.552. The lowest BCUT2D eigenvalue weighted by molar-refractivity contribution is -0.124. The summed E-state index contributed by atoms with van der Waals surface area (Å²) in [6, 6.07) is 15.6. The van der Waals surface area contributed by atoms with Crippen LogP contribution in [-0.2, 0) is 21.4 Å². The minimum Gasteiger partial charge on any atom is -0.457 e. The summed E-state index contributed by atoms with van der Waals surface area (Å²) >= 11 is 0. The van der Waals surface area contributed by atoms with E-state index in [-0.39, 0.29) is 11.9 Å². The van der Waals surface area contributed by atoms with Gasteiger partial charge < -0.3 is 15.4 Å². The van der Waals surface area contributed by atoms with Gasteiger partial charge in [0.1, 0.15) is 11.5 Å². The molecule has 1 unspecified atom stereocenters. The molecule has 38 heavy (non-hydrogen) atoms. The van der Waals surface area contributed by atoms with Crippen molar-refractivity contribution in [3.8, 4) is 11.5 Å². The second-order valence-electron chi connectivity index (χ2n) is 10.7. The number of nitrogens with zero attached hydrogens (tertiary/aromatic N) is 1. The molecule has 1 aliphatic carbocycles. The molecule has 4 rings (SSSR count). The van der Waals surface area contributed by atoms with E-state index in [0.29, 0.717) is 23.5 Å². The molecule has 0 spiro atoms. The number of carbonyl (C=O) groups is 1. The van der Waals surface area contributed by atoms with Crippen LogP contribution >= 0.6 is 0 Å². The summed E-state index contributed by atoms with van der Waals surface area (Å²) in [6.07, 6.45) is 10.00. The molecule has 2 aromatic carbocycles. The third-order valence-corrected chi connectivity index (χ3v) is 8.03. The summed E-state index contributed by atoms with van der Waals surface area (Å²) < 4.78 is 31.0. The van der Waals surface area contributed by atoms with Crippen LogP contribution in [0.4, 0.5) is 5.69 Å². The number of carbonyl (C=O) groups excluding carboxylic acids is 1. The molecule has 8 nitrogen and oxygen atoms in total. The van der Waals surface area contributed by atoms with Crippen molar-refractivity contribution >= 4 is 21.6 Å². The number of amides is 1. The first-order chi connectivity index (χ1) is 18.3. The van der Waals surface area contributed by atoms with Crippen molar-refractivity contribution in [1.82, 2.24) is 15.5 Å². The quantitative estimate of drug-likeness (QED) is 0.383. The van der Waals surface area contributed by atoms with Crippen molar-refractivity contribution < 1.29 is 17.9 Å². The second kappa shape index (κ2) is 13.4. The Balaban J connectivity index is 1.19. The Labute approximate surface area is 227 Å². The van der Waals surface area contributed by atoms with Crippen LogP contribution in [0.3, 0.4) is 0 Å². The Kier molecular flexibility index (Phi) is 10.0. The van der Waals surface area contributed by atoms with Crippen LogP contribution < -0.4 is 20.1 Å². The number of likely N-dealkylation sites (tertiary alicyclic amines) is 1. The number of benzene rings is 2. The van der Waals surface area contributed by atoms with Gasteiger partial charge >= 0.3 is 0 Å². The summed E-state index contributed by atoms with van der Waals surface area (Å²) in [4.78, 5) is 15.3. The van der Waals surface area contributed by atoms with Crippen LogP contribution in [0.5, 0.6) is 11.5 Å². The molecule has 9 heteroatoms. The zero-order valence-electron chi connectivity index (χ0n) is 22.6. The molecule has 0 radical (unpaired) electrons. The van der Waals surface area contributed by atoms with Gasteiger partial charge in [-0.2, -0.15) is 0 Å². The zero-order chi connectivity index (χ0) is 27.0. The van der Waals surface area contributed by atoms with Gasteiger partial charge in [0.25, 0.3) is 0 Å². The van der Waals surface area contributed by atoms with Crippen molar-refractivity contribution in [3.05, 3.63) is 54.1 Å². The Hall–Kier alpha value is -2.62. The van der Waals surface area contributed by atoms with E-state index in [2.05, 4.69) is 39.3 Å². The molecule has 0 bridgehead atoms. The molecule has 1 atom stereocenters. The molecule has 208 valence electrons. The Morgan fingerprint density at radius 2 is 1.53 bits per heavy atom. The summed E-state index contributed by atoms with van der Waals surface area (Å²) in [6.45, 7) is 4.99. The number of hydrogen-bond acceptors (Lipinski definition) is 6. The fourth-order valence-electron chi connectivity index (χ4n) is 5.33. The van der Waals surface area contributed by atoms with E-state index in [1.54, 1.807) is 24.3 Å². The van der Waals surface area contributed by atoms with Gasteiger partial charge in [0.05, 0.1) is 12.3 Å². The van der Waals surface area contributed by atoms with Gasteiger partial charge in [-0.05, 0) is 87.2 Å². The van der Waals surface area contributed by atoms with Gasteiger partial charge in [-0.3, -0.25) is 14.4 Å². The highest BCUT2D eigenvalue weighted by atomic mass is 32.2. The van der Waals surface area contributed by atoms with Crippen LogP contribution in [-0.4, -0.2) is 56.7 Å². The standard InChI is InChI=1S/C29H42N4O4S/c1-3-28(29(34)31-23-7-5-4-6-8-23)30-24-17-19-33(20-18-24)21-22-9-13-26(14-10-22)37-27-15-11-25(12-16-27)32-38(2,35)36/h9-16,23-24,28,30,32H,3-8,17-21H2,1-2H3,(H,31,34). The maximum absolute atomic E-state index is 12.8. The van der Waals surface area contributed by atoms with Gasteiger partial charge in [0.2, 0.25) is 15.9 Å². The number of sulfonamides is 1. The van der Waals surface area contributed by atoms with Crippen molar-refractivity contribution in [2.24, 2.45) is 0 Å². The topological polar surface area (TPSA) is 99.8 Å². The summed E-state index contributed by atoms with van der Waals surface area (Å²) in [5.41, 5.74) is 1.73. The minimum atomic E-state index is -3.30. The van der Waals surface area contributed by atoms with Crippen molar-refractivity contribution in [2.45, 2.75) is 83.0 Å². The van der Waals surface area contributed by atoms with E-state index in [1.807, 2.05) is 12.1 Å². The third kappa shape index (κ3) is 8.99. The normalized spacial score (nSPS) is 18.6. The third-order valence-electron chi connectivity index (χ3n) is 7.42. The highest BCUT2D eigenvalue weighted by Gasteiger charge is 2.26. The number of piperidine rings is 1. The van der Waals surface area contributed by atoms with Gasteiger partial charge in [0, 0.05) is 24.3 Å². The average Bonchev–Trinajstić information content (AvgIpc) is 2.90. The maximum Gasteiger partial charge on any atom is 0.237 e. The summed E-state index contributed by atoms with van der Waals surface area (Å²) in [5, 5.41) is 6.92. The van der Waals surface area contributed by atoms with Gasteiger partial charge in [-0.15, -0.1) is 0 Å². The van der Waals surface area contributed by atoms with Gasteiger partial charge in [-0.1, -0.05) is 38.3 Å². The maximum atomic E-state index is 12.8. The Morgan fingerprint density at radius 1 is 0.921 bits per heavy atom. The van der Waals surface area contributed by atoms with Crippen molar-refractivity contribution in [2.75, 3.05) is 24.1 Å². The molecule has 3 N–H and O–H groups in total. The first-order valence-corrected chi connectivity index (χ1v) is 15.8. The fourth-order valence-corrected chi connectivity index (χ4v) is 5.90. The van der Waals surface area contributed by atoms with Crippen LogP contribution in [0.25, 0.3) is 0 Å². The molecule has 1 aliphatic heterocycles. The highest BCUT2D eigenvalue weighted by molar-refractivity contribution is 7.92. The minimum absolute atomic E-state index is 0.104. The molecule has 0 aromatic heterocycles. The van der Waals surface area contributed by atoms with Gasteiger partial charge in [-0.25, -0.2) is 8.42 Å². The average molecular weight is 543 g/mol. The molecule has 1 saturated carbocycles. The molecule has 2 aromatic rings. The van der Waals surface area contributed by atoms with E-state index in [9.17, 15) is 13.2 Å². The van der Waals surface area contributed by atoms with E-state index in [4.69, 9.17) is 4.74 Å². The first-order valence-electron chi connectivity index (χ1n) is 13.9. The number of nitrogens with one attached hydrogen (secondary N) is 3. The Bertz CT molecular complexity index is 1120.